The Bertz CT molecular complexity index is 198. The summed E-state index contributed by atoms with van der Waals surface area (Å²) < 4.78 is 74.6. The molecular formula is C9H12F6. The van der Waals surface area contributed by atoms with E-state index in [0.29, 0.717) is 0 Å². The van der Waals surface area contributed by atoms with Gasteiger partial charge in [0.2, 0.25) is 0 Å². The zero-order valence-corrected chi connectivity index (χ0v) is 8.17. The molecule has 0 aromatic heterocycles. The molecule has 0 bridgehead atoms. The molecule has 0 unspecified atom stereocenters. The van der Waals surface area contributed by atoms with E-state index in [4.69, 9.17) is 0 Å². The van der Waals surface area contributed by atoms with E-state index in [0.717, 1.165) is 13.0 Å². The second-order valence-corrected chi connectivity index (χ2v) is 3.26. The van der Waals surface area contributed by atoms with E-state index in [1.54, 1.807) is 0 Å². The largest absolute Gasteiger partial charge is 0.403 e. The van der Waals surface area contributed by atoms with E-state index in [1.165, 1.54) is 0 Å². The molecule has 0 aromatic carbocycles. The van der Waals surface area contributed by atoms with Crippen LogP contribution < -0.4 is 0 Å². The molecule has 15 heavy (non-hydrogen) atoms. The van der Waals surface area contributed by atoms with Gasteiger partial charge in [-0.15, -0.1) is 6.58 Å². The first-order valence-corrected chi connectivity index (χ1v) is 4.36. The van der Waals surface area contributed by atoms with Crippen LogP contribution in [0.15, 0.2) is 12.7 Å². The van der Waals surface area contributed by atoms with Gasteiger partial charge >= 0.3 is 12.4 Å². The highest BCUT2D eigenvalue weighted by atomic mass is 19.4. The summed E-state index contributed by atoms with van der Waals surface area (Å²) in [5, 5.41) is 0. The highest BCUT2D eigenvalue weighted by Crippen LogP contribution is 2.55. The van der Waals surface area contributed by atoms with Crippen molar-refractivity contribution in [2.24, 2.45) is 5.41 Å². The van der Waals surface area contributed by atoms with Gasteiger partial charge in [0, 0.05) is 0 Å². The van der Waals surface area contributed by atoms with Gasteiger partial charge in [-0.05, 0) is 19.3 Å². The second-order valence-electron chi connectivity index (χ2n) is 3.26. The Morgan fingerprint density at radius 2 is 1.40 bits per heavy atom. The van der Waals surface area contributed by atoms with E-state index in [1.807, 2.05) is 0 Å². The van der Waals surface area contributed by atoms with E-state index in [9.17, 15) is 26.3 Å². The van der Waals surface area contributed by atoms with E-state index in [2.05, 4.69) is 6.58 Å². The summed E-state index contributed by atoms with van der Waals surface area (Å²) in [6, 6.07) is 0. The van der Waals surface area contributed by atoms with Crippen LogP contribution in [0.1, 0.15) is 26.2 Å². The fourth-order valence-electron chi connectivity index (χ4n) is 1.37. The summed E-state index contributed by atoms with van der Waals surface area (Å²) in [6.07, 6.45) is -11.8. The molecule has 0 amide bonds. The Balaban J connectivity index is 5.22. The Hall–Kier alpha value is -0.680. The maximum Gasteiger partial charge on any atom is 0.403 e. The fourth-order valence-corrected chi connectivity index (χ4v) is 1.37. The van der Waals surface area contributed by atoms with Crippen LogP contribution in [0.3, 0.4) is 0 Å². The van der Waals surface area contributed by atoms with Crippen molar-refractivity contribution in [3.8, 4) is 0 Å². The molecule has 0 saturated carbocycles. The molecule has 0 rings (SSSR count). The lowest BCUT2D eigenvalue weighted by Gasteiger charge is -2.36. The Labute approximate surface area is 84.0 Å². The summed E-state index contributed by atoms with van der Waals surface area (Å²) in [7, 11) is 0. The van der Waals surface area contributed by atoms with Gasteiger partial charge in [-0.2, -0.15) is 26.3 Å². The fraction of sp³-hybridized carbons (Fsp3) is 0.778. The molecule has 0 aliphatic rings. The van der Waals surface area contributed by atoms with Gasteiger partial charge in [-0.3, -0.25) is 0 Å². The van der Waals surface area contributed by atoms with Crippen LogP contribution >= 0.6 is 0 Å². The van der Waals surface area contributed by atoms with Gasteiger partial charge in [0.15, 0.2) is 5.41 Å². The van der Waals surface area contributed by atoms with Crippen molar-refractivity contribution in [2.75, 3.05) is 0 Å². The number of hydrogen-bond acceptors (Lipinski definition) is 0. The van der Waals surface area contributed by atoms with Crippen molar-refractivity contribution >= 4 is 0 Å². The van der Waals surface area contributed by atoms with Crippen molar-refractivity contribution in [1.82, 2.24) is 0 Å². The van der Waals surface area contributed by atoms with E-state index in [-0.39, 0.29) is 6.42 Å². The van der Waals surface area contributed by atoms with Gasteiger partial charge in [-0.25, -0.2) is 0 Å². The average molecular weight is 234 g/mol. The Morgan fingerprint density at radius 3 is 1.60 bits per heavy atom. The van der Waals surface area contributed by atoms with Crippen LogP contribution in [0.5, 0.6) is 0 Å². The van der Waals surface area contributed by atoms with Gasteiger partial charge in [0.1, 0.15) is 0 Å². The summed E-state index contributed by atoms with van der Waals surface area (Å²) in [5.41, 5.74) is -3.60. The lowest BCUT2D eigenvalue weighted by atomic mass is 9.79. The standard InChI is InChI=1S/C9H12F6/c1-3-5-6-7(4-2,8(10,11)12)9(13,14)15/h3H,1,4-6H2,2H3. The number of rotatable bonds is 4. The van der Waals surface area contributed by atoms with Gasteiger partial charge in [0.05, 0.1) is 0 Å². The molecule has 0 N–H and O–H groups in total. The Kier molecular flexibility index (Phi) is 4.25. The molecule has 0 heterocycles. The molecule has 0 aliphatic carbocycles. The first kappa shape index (κ1) is 14.3. The topological polar surface area (TPSA) is 0 Å². The van der Waals surface area contributed by atoms with Crippen molar-refractivity contribution in [3.63, 3.8) is 0 Å². The first-order valence-electron chi connectivity index (χ1n) is 4.36. The first-order chi connectivity index (χ1) is 6.62. The maximum absolute atomic E-state index is 12.4. The van der Waals surface area contributed by atoms with Gasteiger partial charge in [0.25, 0.3) is 0 Å². The third kappa shape index (κ3) is 2.66. The van der Waals surface area contributed by atoms with Crippen molar-refractivity contribution in [3.05, 3.63) is 12.7 Å². The van der Waals surface area contributed by atoms with Crippen LogP contribution in [0.4, 0.5) is 26.3 Å². The third-order valence-corrected chi connectivity index (χ3v) is 2.46. The minimum Gasteiger partial charge on any atom is -0.170 e. The van der Waals surface area contributed by atoms with Crippen LogP contribution in [-0.4, -0.2) is 12.4 Å². The Morgan fingerprint density at radius 1 is 1.00 bits per heavy atom. The van der Waals surface area contributed by atoms with Crippen LogP contribution in [0.25, 0.3) is 0 Å². The number of alkyl halides is 6. The predicted molar refractivity (Wildman–Crippen MR) is 44.3 cm³/mol. The van der Waals surface area contributed by atoms with E-state index >= 15 is 0 Å². The molecular weight excluding hydrogens is 222 g/mol. The molecule has 0 radical (unpaired) electrons. The molecule has 0 fully saturated rings. The van der Waals surface area contributed by atoms with Crippen molar-refractivity contribution in [1.29, 1.82) is 0 Å². The molecule has 0 atom stereocenters. The third-order valence-electron chi connectivity index (χ3n) is 2.46. The molecule has 90 valence electrons. The molecule has 6 heteroatoms. The van der Waals surface area contributed by atoms with Crippen molar-refractivity contribution < 1.29 is 26.3 Å². The summed E-state index contributed by atoms with van der Waals surface area (Å²) in [4.78, 5) is 0. The van der Waals surface area contributed by atoms with Crippen molar-refractivity contribution in [2.45, 2.75) is 38.5 Å². The highest BCUT2D eigenvalue weighted by molar-refractivity contribution is 4.93. The summed E-state index contributed by atoms with van der Waals surface area (Å²) >= 11 is 0. The number of allylic oxidation sites excluding steroid dienone is 1. The molecule has 0 nitrogen and oxygen atoms in total. The summed E-state index contributed by atoms with van der Waals surface area (Å²) in [5.74, 6) is 0. The van der Waals surface area contributed by atoms with E-state index < -0.39 is 30.6 Å². The second kappa shape index (κ2) is 4.45. The maximum atomic E-state index is 12.4. The average Bonchev–Trinajstić information content (AvgIpc) is 2.01. The SMILES string of the molecule is C=CCCC(CC)(C(F)(F)F)C(F)(F)F. The summed E-state index contributed by atoms with van der Waals surface area (Å²) in [6.45, 7) is 4.02. The smallest absolute Gasteiger partial charge is 0.170 e. The van der Waals surface area contributed by atoms with Gasteiger partial charge < -0.3 is 0 Å². The zero-order chi connectivity index (χ0) is 12.3. The normalized spacial score (nSPS) is 14.1. The quantitative estimate of drug-likeness (QED) is 0.497. The molecule has 0 aliphatic heterocycles. The van der Waals surface area contributed by atoms with Crippen LogP contribution in [-0.2, 0) is 0 Å². The zero-order valence-electron chi connectivity index (χ0n) is 8.17. The minimum absolute atomic E-state index is 0.313. The number of hydrogen-bond donors (Lipinski definition) is 0. The van der Waals surface area contributed by atoms with Crippen LogP contribution in [0.2, 0.25) is 0 Å². The van der Waals surface area contributed by atoms with Crippen LogP contribution in [0, 0.1) is 5.41 Å². The lowest BCUT2D eigenvalue weighted by molar-refractivity contribution is -0.344. The molecule has 0 spiro atoms. The monoisotopic (exact) mass is 234 g/mol. The van der Waals surface area contributed by atoms with Gasteiger partial charge in [-0.1, -0.05) is 13.0 Å². The predicted octanol–water partition coefficient (Wildman–Crippen LogP) is 4.47. The minimum atomic E-state index is -5.27. The molecule has 0 aromatic rings. The lowest BCUT2D eigenvalue weighted by Crippen LogP contribution is -2.49. The molecule has 0 saturated heterocycles. The highest BCUT2D eigenvalue weighted by Gasteiger charge is 2.68. The number of halogens is 6.